The molecule has 3 heterocycles. The number of piperidine rings is 1. The van der Waals surface area contributed by atoms with Crippen molar-refractivity contribution in [2.24, 2.45) is 0 Å². The molecule has 0 atom stereocenters. The number of esters is 2. The van der Waals surface area contributed by atoms with E-state index in [9.17, 15) is 9.59 Å². The van der Waals surface area contributed by atoms with E-state index in [2.05, 4.69) is 44.3 Å². The molecule has 0 saturated carbocycles. The number of rotatable bonds is 40. The quantitative estimate of drug-likeness (QED) is 0.0474. The third kappa shape index (κ3) is 27.2. The van der Waals surface area contributed by atoms with Gasteiger partial charge in [0.1, 0.15) is 0 Å². The maximum atomic E-state index is 12.8. The summed E-state index contributed by atoms with van der Waals surface area (Å²) in [5.74, 6) is -0.438. The number of aryl methyl sites for hydroxylation is 2. The molecule has 0 aromatic carbocycles. The summed E-state index contributed by atoms with van der Waals surface area (Å²) in [7, 11) is 0. The van der Waals surface area contributed by atoms with Crippen LogP contribution in [-0.2, 0) is 45.0 Å². The zero-order valence-corrected chi connectivity index (χ0v) is 38.6. The van der Waals surface area contributed by atoms with Crippen molar-refractivity contribution in [1.29, 1.82) is 0 Å². The molecule has 2 aromatic rings. The number of likely N-dealkylation sites (tertiary alicyclic amines) is 1. The summed E-state index contributed by atoms with van der Waals surface area (Å²) >= 11 is 0. The van der Waals surface area contributed by atoms with Crippen LogP contribution < -0.4 is 0 Å². The molecule has 60 heavy (non-hydrogen) atoms. The summed E-state index contributed by atoms with van der Waals surface area (Å²) in [4.78, 5) is 30.3. The lowest BCUT2D eigenvalue weighted by Gasteiger charge is -2.28. The lowest BCUT2D eigenvalue weighted by atomic mass is 10.1. The zero-order valence-electron chi connectivity index (χ0n) is 38.6. The van der Waals surface area contributed by atoms with Crippen molar-refractivity contribution >= 4 is 11.9 Å². The fourth-order valence-electron chi connectivity index (χ4n) is 8.22. The highest BCUT2D eigenvalue weighted by molar-refractivity contribution is 5.70. The van der Waals surface area contributed by atoms with Gasteiger partial charge in [0.25, 0.3) is 0 Å². The van der Waals surface area contributed by atoms with Crippen molar-refractivity contribution < 1.29 is 19.1 Å². The molecule has 1 saturated heterocycles. The Morgan fingerprint density at radius 1 is 0.517 bits per heavy atom. The summed E-state index contributed by atoms with van der Waals surface area (Å²) in [6.45, 7) is 12.2. The second-order valence-electron chi connectivity index (χ2n) is 17.6. The Kier molecular flexibility index (Phi) is 30.6. The molecule has 2 aromatic heterocycles. The van der Waals surface area contributed by atoms with Gasteiger partial charge >= 0.3 is 11.9 Å². The Bertz CT molecular complexity index is 1230. The molecule has 12 heteroatoms. The van der Waals surface area contributed by atoms with E-state index in [1.807, 2.05) is 21.8 Å². The predicted octanol–water partition coefficient (Wildman–Crippen LogP) is 10.3. The first-order valence-electron chi connectivity index (χ1n) is 25.1. The van der Waals surface area contributed by atoms with Crippen LogP contribution in [0.2, 0.25) is 0 Å². The molecular formula is C48H88N8O4. The van der Waals surface area contributed by atoms with Gasteiger partial charge in [0.05, 0.1) is 37.4 Å². The van der Waals surface area contributed by atoms with Crippen LogP contribution in [0.1, 0.15) is 205 Å². The lowest BCUT2D eigenvalue weighted by molar-refractivity contribution is -0.144. The van der Waals surface area contributed by atoms with Gasteiger partial charge in [0.2, 0.25) is 0 Å². The van der Waals surface area contributed by atoms with Gasteiger partial charge in [-0.25, -0.2) is 0 Å². The van der Waals surface area contributed by atoms with Gasteiger partial charge < -0.3 is 19.3 Å². The number of hydrogen-bond acceptors (Lipinski definition) is 10. The molecule has 344 valence electrons. The van der Waals surface area contributed by atoms with Crippen LogP contribution in [0, 0.1) is 0 Å². The van der Waals surface area contributed by atoms with Gasteiger partial charge in [-0.15, -0.1) is 10.2 Å². The lowest BCUT2D eigenvalue weighted by Crippen LogP contribution is -2.35. The van der Waals surface area contributed by atoms with Crippen molar-refractivity contribution in [2.45, 2.75) is 220 Å². The molecule has 1 aliphatic rings. The molecule has 0 bridgehead atoms. The van der Waals surface area contributed by atoms with Crippen LogP contribution in [0.15, 0.2) is 12.4 Å². The summed E-state index contributed by atoms with van der Waals surface area (Å²) in [6, 6.07) is 0. The van der Waals surface area contributed by atoms with E-state index in [4.69, 9.17) is 9.47 Å². The third-order valence-electron chi connectivity index (χ3n) is 12.1. The van der Waals surface area contributed by atoms with Crippen molar-refractivity contribution in [3.8, 4) is 0 Å². The summed E-state index contributed by atoms with van der Waals surface area (Å²) in [6.07, 6.45) is 39.7. The van der Waals surface area contributed by atoms with Gasteiger partial charge in [-0.1, -0.05) is 159 Å². The first-order chi connectivity index (χ1) is 29.6. The molecule has 0 radical (unpaired) electrons. The average Bonchev–Trinajstić information content (AvgIpc) is 3.92. The summed E-state index contributed by atoms with van der Waals surface area (Å²) in [5, 5.41) is 17.2. The Hall–Kier alpha value is -2.86. The highest BCUT2D eigenvalue weighted by Gasteiger charge is 2.15. The van der Waals surface area contributed by atoms with Crippen LogP contribution in [0.25, 0.3) is 0 Å². The molecule has 0 amide bonds. The molecule has 0 aliphatic carbocycles. The van der Waals surface area contributed by atoms with Gasteiger partial charge in [0, 0.05) is 51.4 Å². The summed E-state index contributed by atoms with van der Waals surface area (Å²) < 4.78 is 15.0. The van der Waals surface area contributed by atoms with E-state index < -0.39 is 0 Å². The fraction of sp³-hybridized carbons (Fsp3) is 0.875. The molecular weight excluding hydrogens is 753 g/mol. The van der Waals surface area contributed by atoms with Crippen molar-refractivity contribution in [3.63, 3.8) is 0 Å². The smallest absolute Gasteiger partial charge is 0.307 e. The van der Waals surface area contributed by atoms with Crippen LogP contribution in [-0.4, -0.2) is 104 Å². The average molecular weight is 841 g/mol. The standard InChI is InChI=1S/C48H88N8O4/c1-3-5-7-9-11-13-15-17-19-21-26-37-55-43-45(49-51-55)31-41-59-47(57)29-39-54(36-28-35-53-33-24-23-25-34-53)40-30-48(58)60-42-32-46-44-56(52-50-46)38-27-22-20-18-16-14-12-10-8-6-4-2/h43-44H,3-42H2,1-2H3. The monoisotopic (exact) mass is 841 g/mol. The number of aromatic nitrogens is 6. The van der Waals surface area contributed by atoms with Crippen LogP contribution in [0.4, 0.5) is 0 Å². The Morgan fingerprint density at radius 3 is 1.33 bits per heavy atom. The normalized spacial score (nSPS) is 13.4. The second kappa shape index (κ2) is 35.7. The SMILES string of the molecule is CCCCCCCCCCCCCn1cc(CCOC(=O)CCN(CCCN2CCCCC2)CCC(=O)OCCc2cn(CCCCCCCCCCCCC)nn2)nn1. The molecule has 12 nitrogen and oxygen atoms in total. The van der Waals surface area contributed by atoms with Gasteiger partial charge in [-0.05, 0) is 58.3 Å². The maximum absolute atomic E-state index is 12.8. The first kappa shape index (κ1) is 51.5. The largest absolute Gasteiger partial charge is 0.465 e. The van der Waals surface area contributed by atoms with Crippen molar-refractivity contribution in [3.05, 3.63) is 23.8 Å². The zero-order chi connectivity index (χ0) is 42.6. The predicted molar refractivity (Wildman–Crippen MR) is 243 cm³/mol. The number of carbonyl (C=O) groups is 2. The minimum Gasteiger partial charge on any atom is -0.465 e. The Balaban J connectivity index is 1.25. The Morgan fingerprint density at radius 2 is 0.917 bits per heavy atom. The molecule has 0 spiro atoms. The van der Waals surface area contributed by atoms with Crippen LogP contribution in [0.3, 0.4) is 0 Å². The molecule has 3 rings (SSSR count). The number of ether oxygens (including phenoxy) is 2. The van der Waals surface area contributed by atoms with Crippen molar-refractivity contribution in [2.75, 3.05) is 52.5 Å². The van der Waals surface area contributed by atoms with E-state index in [0.29, 0.717) is 52.0 Å². The van der Waals surface area contributed by atoms with Crippen molar-refractivity contribution in [1.82, 2.24) is 39.8 Å². The van der Waals surface area contributed by atoms with E-state index in [0.717, 1.165) is 56.8 Å². The van der Waals surface area contributed by atoms with E-state index in [1.54, 1.807) is 0 Å². The van der Waals surface area contributed by atoms with E-state index in [1.165, 1.54) is 161 Å². The molecule has 0 N–H and O–H groups in total. The maximum Gasteiger partial charge on any atom is 0.307 e. The van der Waals surface area contributed by atoms with E-state index >= 15 is 0 Å². The molecule has 1 aliphatic heterocycles. The topological polar surface area (TPSA) is 120 Å². The Labute approximate surface area is 365 Å². The highest BCUT2D eigenvalue weighted by atomic mass is 16.5. The second-order valence-corrected chi connectivity index (χ2v) is 17.6. The molecule has 1 fully saturated rings. The first-order valence-corrected chi connectivity index (χ1v) is 25.1. The summed E-state index contributed by atoms with van der Waals surface area (Å²) in [5.41, 5.74) is 1.71. The van der Waals surface area contributed by atoms with Gasteiger partial charge in [-0.2, -0.15) is 0 Å². The fourth-order valence-corrected chi connectivity index (χ4v) is 8.22. The number of nitrogens with zero attached hydrogens (tertiary/aromatic N) is 8. The third-order valence-corrected chi connectivity index (χ3v) is 12.1. The van der Waals surface area contributed by atoms with E-state index in [-0.39, 0.29) is 11.9 Å². The minimum absolute atomic E-state index is 0.219. The van der Waals surface area contributed by atoms with Gasteiger partial charge in [0.15, 0.2) is 0 Å². The number of unbranched alkanes of at least 4 members (excludes halogenated alkanes) is 20. The number of hydrogen-bond donors (Lipinski definition) is 0. The van der Waals surface area contributed by atoms with Gasteiger partial charge in [-0.3, -0.25) is 19.0 Å². The van der Waals surface area contributed by atoms with Crippen LogP contribution in [0.5, 0.6) is 0 Å². The molecule has 0 unspecified atom stereocenters. The minimum atomic E-state index is -0.219. The van der Waals surface area contributed by atoms with Crippen LogP contribution >= 0.6 is 0 Å². The highest BCUT2D eigenvalue weighted by Crippen LogP contribution is 2.14. The number of carbonyl (C=O) groups excluding carboxylic acids is 2.